The smallest absolute Gasteiger partial charge is 0.0698 e. The minimum Gasteiger partial charge on any atom is -0.367 e. The van der Waals surface area contributed by atoms with E-state index in [0.717, 1.165) is 48.6 Å². The molecule has 3 aromatic rings. The standard InChI is InChI=1S/C37H38N2/c1-7-27-15-17-28(18-16-27)32-19-21-37(6)24-39(22-20-34(37)36(32,4)5)26(3)30-13-8-9-14-31(30)33-23-29-12-10-11-25(2)35(29)38-33/h7-20H,1,3,21-24H2,2,4-6H3. The van der Waals surface area contributed by atoms with Gasteiger partial charge >= 0.3 is 0 Å². The molecule has 0 spiro atoms. The zero-order chi connectivity index (χ0) is 27.4. The van der Waals surface area contributed by atoms with Crippen molar-refractivity contribution in [2.24, 2.45) is 15.8 Å². The number of fused-ring (bicyclic) bond motifs is 2. The van der Waals surface area contributed by atoms with E-state index in [0.29, 0.717) is 0 Å². The summed E-state index contributed by atoms with van der Waals surface area (Å²) < 4.78 is 0. The van der Waals surface area contributed by atoms with Gasteiger partial charge in [-0.15, -0.1) is 0 Å². The van der Waals surface area contributed by atoms with Crippen LogP contribution in [0.15, 0.2) is 103 Å². The van der Waals surface area contributed by atoms with Crippen molar-refractivity contribution < 1.29 is 0 Å². The monoisotopic (exact) mass is 510 g/mol. The average molecular weight is 511 g/mol. The molecule has 2 heterocycles. The fourth-order valence-electron chi connectivity index (χ4n) is 7.10. The van der Waals surface area contributed by atoms with Crippen molar-refractivity contribution in [3.8, 4) is 0 Å². The summed E-state index contributed by atoms with van der Waals surface area (Å²) in [7, 11) is 0. The van der Waals surface area contributed by atoms with E-state index in [1.165, 1.54) is 33.4 Å². The van der Waals surface area contributed by atoms with Gasteiger partial charge in [-0.1, -0.05) is 124 Å². The maximum atomic E-state index is 5.09. The number of nitrogens with zero attached hydrogens (tertiary/aromatic N) is 2. The number of allylic oxidation sites excluding steroid dienone is 2. The second-order valence-electron chi connectivity index (χ2n) is 12.1. The van der Waals surface area contributed by atoms with Crippen molar-refractivity contribution >= 4 is 28.7 Å². The Balaban J connectivity index is 1.28. The summed E-state index contributed by atoms with van der Waals surface area (Å²) in [5.74, 6) is 0. The van der Waals surface area contributed by atoms with E-state index in [1.54, 1.807) is 5.57 Å². The van der Waals surface area contributed by atoms with Crippen molar-refractivity contribution in [2.45, 2.75) is 40.5 Å². The fraction of sp³-hybridized carbons (Fsp3) is 0.270. The van der Waals surface area contributed by atoms with E-state index in [2.05, 4.69) is 125 Å². The molecule has 0 saturated heterocycles. The van der Waals surface area contributed by atoms with Crippen LogP contribution < -0.4 is 0 Å². The van der Waals surface area contributed by atoms with Crippen LogP contribution in [0.2, 0.25) is 0 Å². The average Bonchev–Trinajstić information content (AvgIpc) is 3.38. The molecule has 1 atom stereocenters. The molecule has 2 nitrogen and oxygen atoms in total. The van der Waals surface area contributed by atoms with E-state index in [1.807, 2.05) is 6.08 Å². The van der Waals surface area contributed by atoms with Crippen molar-refractivity contribution in [2.75, 3.05) is 13.1 Å². The normalized spacial score (nSPS) is 21.3. The second kappa shape index (κ2) is 9.38. The van der Waals surface area contributed by atoms with Gasteiger partial charge in [-0.05, 0) is 41.2 Å². The Labute approximate surface area is 233 Å². The number of rotatable bonds is 5. The number of aryl methyl sites for hydroxylation is 1. The van der Waals surface area contributed by atoms with E-state index < -0.39 is 0 Å². The van der Waals surface area contributed by atoms with Gasteiger partial charge in [-0.3, -0.25) is 4.99 Å². The van der Waals surface area contributed by atoms with Crippen molar-refractivity contribution in [1.82, 2.24) is 4.90 Å². The van der Waals surface area contributed by atoms with Crippen LogP contribution in [0.25, 0.3) is 17.3 Å². The fourth-order valence-corrected chi connectivity index (χ4v) is 7.10. The van der Waals surface area contributed by atoms with Gasteiger partial charge in [0.25, 0.3) is 0 Å². The van der Waals surface area contributed by atoms with Crippen LogP contribution in [0, 0.1) is 17.8 Å². The highest BCUT2D eigenvalue weighted by molar-refractivity contribution is 6.09. The van der Waals surface area contributed by atoms with Crippen LogP contribution in [-0.4, -0.2) is 23.7 Å². The summed E-state index contributed by atoms with van der Waals surface area (Å²) in [5.41, 5.74) is 13.8. The maximum Gasteiger partial charge on any atom is 0.0698 e. The molecule has 1 aliphatic carbocycles. The SMILES string of the molecule is C=Cc1ccc(C2=CCC3(C)CN(C(=C)c4ccccc4C4=Nc5c(C)cccc5C4)CC=C3C2(C)C)cc1. The van der Waals surface area contributed by atoms with Crippen LogP contribution in [0.3, 0.4) is 0 Å². The third kappa shape index (κ3) is 4.23. The van der Waals surface area contributed by atoms with Gasteiger partial charge in [0.05, 0.1) is 11.4 Å². The Kier molecular flexibility index (Phi) is 6.10. The number of para-hydroxylation sites is 1. The van der Waals surface area contributed by atoms with E-state index >= 15 is 0 Å². The molecule has 196 valence electrons. The Hall–Kier alpha value is -3.91. The van der Waals surface area contributed by atoms with Crippen molar-refractivity contribution in [3.05, 3.63) is 131 Å². The molecule has 0 bridgehead atoms. The van der Waals surface area contributed by atoms with Crippen molar-refractivity contribution in [3.63, 3.8) is 0 Å². The Bertz CT molecular complexity index is 1580. The first kappa shape index (κ1) is 25.4. The number of hydrogen-bond acceptors (Lipinski definition) is 2. The number of aliphatic imine (C=N–C) groups is 1. The highest BCUT2D eigenvalue weighted by atomic mass is 15.1. The first-order chi connectivity index (χ1) is 18.7. The quantitative estimate of drug-likeness (QED) is 0.313. The number of benzene rings is 3. The van der Waals surface area contributed by atoms with E-state index in [9.17, 15) is 0 Å². The van der Waals surface area contributed by atoms with Gasteiger partial charge in [0.1, 0.15) is 0 Å². The summed E-state index contributed by atoms with van der Waals surface area (Å²) in [4.78, 5) is 7.56. The first-order valence-corrected chi connectivity index (χ1v) is 14.1. The molecule has 3 aromatic carbocycles. The van der Waals surface area contributed by atoms with Gasteiger partial charge in [-0.2, -0.15) is 0 Å². The molecule has 2 aliphatic heterocycles. The molecule has 6 rings (SSSR count). The van der Waals surface area contributed by atoms with Gasteiger partial charge < -0.3 is 4.90 Å². The van der Waals surface area contributed by atoms with Gasteiger partial charge in [0.2, 0.25) is 0 Å². The maximum absolute atomic E-state index is 5.09. The van der Waals surface area contributed by atoms with Gasteiger partial charge in [0, 0.05) is 47.2 Å². The molecular weight excluding hydrogens is 472 g/mol. The Morgan fingerprint density at radius 1 is 0.949 bits per heavy atom. The summed E-state index contributed by atoms with van der Waals surface area (Å²) in [6, 6.07) is 24.0. The molecule has 39 heavy (non-hydrogen) atoms. The van der Waals surface area contributed by atoms with Crippen LogP contribution in [-0.2, 0) is 6.42 Å². The molecule has 3 aliphatic rings. The zero-order valence-electron chi connectivity index (χ0n) is 23.7. The minimum absolute atomic E-state index is 0.0315. The van der Waals surface area contributed by atoms with Crippen molar-refractivity contribution in [1.29, 1.82) is 0 Å². The van der Waals surface area contributed by atoms with Gasteiger partial charge in [-0.25, -0.2) is 0 Å². The molecule has 0 fully saturated rings. The van der Waals surface area contributed by atoms with E-state index in [4.69, 9.17) is 4.99 Å². The predicted molar refractivity (Wildman–Crippen MR) is 167 cm³/mol. The van der Waals surface area contributed by atoms with Gasteiger partial charge in [0.15, 0.2) is 0 Å². The first-order valence-electron chi connectivity index (χ1n) is 14.1. The molecule has 1 unspecified atom stereocenters. The molecule has 0 saturated carbocycles. The van der Waals surface area contributed by atoms with Crippen LogP contribution in [0.5, 0.6) is 0 Å². The molecule has 0 amide bonds. The lowest BCUT2D eigenvalue weighted by atomic mass is 9.58. The Morgan fingerprint density at radius 3 is 2.46 bits per heavy atom. The molecular formula is C37H38N2. The van der Waals surface area contributed by atoms with Crippen LogP contribution in [0.4, 0.5) is 5.69 Å². The third-order valence-corrected chi connectivity index (χ3v) is 9.12. The largest absolute Gasteiger partial charge is 0.367 e. The predicted octanol–water partition coefficient (Wildman–Crippen LogP) is 9.05. The highest BCUT2D eigenvalue weighted by Gasteiger charge is 2.46. The lowest BCUT2D eigenvalue weighted by molar-refractivity contribution is 0.219. The van der Waals surface area contributed by atoms with E-state index in [-0.39, 0.29) is 10.8 Å². The Morgan fingerprint density at radius 2 is 1.72 bits per heavy atom. The van der Waals surface area contributed by atoms with Crippen LogP contribution in [0.1, 0.15) is 60.6 Å². The lowest BCUT2D eigenvalue weighted by Gasteiger charge is -2.51. The highest BCUT2D eigenvalue weighted by Crippen LogP contribution is 2.55. The summed E-state index contributed by atoms with van der Waals surface area (Å²) in [6.07, 6.45) is 8.76. The minimum atomic E-state index is -0.0315. The zero-order valence-corrected chi connectivity index (χ0v) is 23.7. The lowest BCUT2D eigenvalue weighted by Crippen LogP contribution is -2.46. The molecule has 2 heteroatoms. The molecule has 0 N–H and O–H groups in total. The summed E-state index contributed by atoms with van der Waals surface area (Å²) >= 11 is 0. The third-order valence-electron chi connectivity index (χ3n) is 9.12. The number of hydrogen-bond donors (Lipinski definition) is 0. The topological polar surface area (TPSA) is 15.6 Å². The summed E-state index contributed by atoms with van der Waals surface area (Å²) in [6.45, 7) is 19.7. The summed E-state index contributed by atoms with van der Waals surface area (Å²) in [5, 5.41) is 0. The second-order valence-corrected chi connectivity index (χ2v) is 12.1. The molecule has 0 aromatic heterocycles. The van der Waals surface area contributed by atoms with Crippen LogP contribution >= 0.6 is 0 Å². The molecule has 0 radical (unpaired) electrons.